The zero-order valence-corrected chi connectivity index (χ0v) is 10.5. The lowest BCUT2D eigenvalue weighted by Crippen LogP contribution is -2.50. The van der Waals surface area contributed by atoms with Crippen LogP contribution in [0.1, 0.15) is 19.8 Å². The summed E-state index contributed by atoms with van der Waals surface area (Å²) in [6.45, 7) is 6.78. The van der Waals surface area contributed by atoms with Gasteiger partial charge in [0.1, 0.15) is 0 Å². The Bertz CT molecular complexity index is 271. The summed E-state index contributed by atoms with van der Waals surface area (Å²) in [7, 11) is 0. The number of piperazine rings is 1. The van der Waals surface area contributed by atoms with Crippen molar-refractivity contribution in [2.45, 2.75) is 19.8 Å². The summed E-state index contributed by atoms with van der Waals surface area (Å²) < 4.78 is 4.98. The van der Waals surface area contributed by atoms with Crippen LogP contribution in [0.15, 0.2) is 0 Å². The van der Waals surface area contributed by atoms with E-state index in [-0.39, 0.29) is 11.5 Å². The Morgan fingerprint density at radius 2 is 1.94 bits per heavy atom. The molecule has 1 N–H and O–H groups in total. The van der Waals surface area contributed by atoms with Crippen LogP contribution >= 0.6 is 0 Å². The maximum absolute atomic E-state index is 11.5. The van der Waals surface area contributed by atoms with Crippen molar-refractivity contribution in [2.24, 2.45) is 5.41 Å². The van der Waals surface area contributed by atoms with E-state index < -0.39 is 0 Å². The van der Waals surface area contributed by atoms with Crippen LogP contribution in [0.25, 0.3) is 0 Å². The monoisotopic (exact) mass is 242 g/mol. The maximum atomic E-state index is 11.5. The number of carbonyl (C=O) groups excluding carboxylic acids is 1. The molecule has 2 aliphatic rings. The van der Waals surface area contributed by atoms with Crippen molar-refractivity contribution in [3.63, 3.8) is 0 Å². The van der Waals surface area contributed by atoms with E-state index >= 15 is 0 Å². The van der Waals surface area contributed by atoms with Crippen molar-refractivity contribution < 1.29 is 14.6 Å². The molecule has 1 saturated heterocycles. The SMILES string of the molecule is CCOC(=O)N1CCN(CC2(CO)CC2)CC1. The summed E-state index contributed by atoms with van der Waals surface area (Å²) in [5, 5.41) is 9.29. The Labute approximate surface area is 102 Å². The van der Waals surface area contributed by atoms with E-state index in [1.807, 2.05) is 6.92 Å². The van der Waals surface area contributed by atoms with Crippen molar-refractivity contribution >= 4 is 6.09 Å². The van der Waals surface area contributed by atoms with E-state index in [9.17, 15) is 9.90 Å². The van der Waals surface area contributed by atoms with E-state index in [4.69, 9.17) is 4.74 Å². The molecular weight excluding hydrogens is 220 g/mol. The molecule has 0 atom stereocenters. The Hall–Kier alpha value is -0.810. The number of aliphatic hydroxyl groups excluding tert-OH is 1. The molecule has 2 fully saturated rings. The van der Waals surface area contributed by atoms with Crippen molar-refractivity contribution in [3.8, 4) is 0 Å². The molecule has 0 bridgehead atoms. The maximum Gasteiger partial charge on any atom is 0.409 e. The lowest BCUT2D eigenvalue weighted by molar-refractivity contribution is 0.0671. The molecule has 1 amide bonds. The van der Waals surface area contributed by atoms with Crippen molar-refractivity contribution in [1.29, 1.82) is 0 Å². The second-order valence-corrected chi connectivity index (χ2v) is 5.12. The van der Waals surface area contributed by atoms with Crippen molar-refractivity contribution in [3.05, 3.63) is 0 Å². The van der Waals surface area contributed by atoms with Crippen LogP contribution in [0.2, 0.25) is 0 Å². The van der Waals surface area contributed by atoms with Gasteiger partial charge < -0.3 is 14.7 Å². The molecule has 5 heteroatoms. The van der Waals surface area contributed by atoms with Crippen molar-refractivity contribution in [1.82, 2.24) is 9.80 Å². The summed E-state index contributed by atoms with van der Waals surface area (Å²) in [6, 6.07) is 0. The summed E-state index contributed by atoms with van der Waals surface area (Å²) in [5.41, 5.74) is 0.173. The Kier molecular flexibility index (Phi) is 3.89. The van der Waals surface area contributed by atoms with E-state index in [1.54, 1.807) is 4.90 Å². The predicted molar refractivity (Wildman–Crippen MR) is 63.8 cm³/mol. The standard InChI is InChI=1S/C12H22N2O3/c1-2-17-11(16)14-7-5-13(6-8-14)9-12(10-15)3-4-12/h15H,2-10H2,1H3. The number of aliphatic hydroxyl groups is 1. The second kappa shape index (κ2) is 5.23. The molecule has 0 aromatic rings. The van der Waals surface area contributed by atoms with Gasteiger partial charge in [-0.2, -0.15) is 0 Å². The largest absolute Gasteiger partial charge is 0.450 e. The molecule has 1 aliphatic heterocycles. The molecule has 0 aromatic carbocycles. The highest BCUT2D eigenvalue weighted by atomic mass is 16.6. The lowest BCUT2D eigenvalue weighted by Gasteiger charge is -2.35. The normalized spacial score (nSPS) is 23.5. The second-order valence-electron chi connectivity index (χ2n) is 5.12. The highest BCUT2D eigenvalue weighted by Gasteiger charge is 2.43. The highest BCUT2D eigenvalue weighted by molar-refractivity contribution is 5.67. The van der Waals surface area contributed by atoms with Crippen LogP contribution in [0.5, 0.6) is 0 Å². The van der Waals surface area contributed by atoms with Gasteiger partial charge in [0.25, 0.3) is 0 Å². The minimum Gasteiger partial charge on any atom is -0.450 e. The van der Waals surface area contributed by atoms with Crippen LogP contribution in [-0.2, 0) is 4.74 Å². The summed E-state index contributed by atoms with van der Waals surface area (Å²) in [5.74, 6) is 0. The van der Waals surface area contributed by atoms with Gasteiger partial charge in [-0.15, -0.1) is 0 Å². The summed E-state index contributed by atoms with van der Waals surface area (Å²) in [6.07, 6.45) is 2.08. The zero-order valence-electron chi connectivity index (χ0n) is 10.5. The van der Waals surface area contributed by atoms with E-state index in [0.29, 0.717) is 13.2 Å². The molecule has 2 rings (SSSR count). The first-order valence-corrected chi connectivity index (χ1v) is 6.44. The first-order chi connectivity index (χ1) is 8.19. The van der Waals surface area contributed by atoms with Gasteiger partial charge in [-0.1, -0.05) is 0 Å². The zero-order chi connectivity index (χ0) is 12.3. The number of amides is 1. The molecule has 17 heavy (non-hydrogen) atoms. The van der Waals surface area contributed by atoms with E-state index in [1.165, 1.54) is 0 Å². The lowest BCUT2D eigenvalue weighted by atomic mass is 10.1. The van der Waals surface area contributed by atoms with Crippen LogP contribution in [0.4, 0.5) is 4.79 Å². The minimum atomic E-state index is -0.199. The smallest absolute Gasteiger partial charge is 0.409 e. The summed E-state index contributed by atoms with van der Waals surface area (Å²) >= 11 is 0. The van der Waals surface area contributed by atoms with Gasteiger partial charge in [0.15, 0.2) is 0 Å². The fraction of sp³-hybridized carbons (Fsp3) is 0.917. The Morgan fingerprint density at radius 3 is 2.41 bits per heavy atom. The molecule has 5 nitrogen and oxygen atoms in total. The number of ether oxygens (including phenoxy) is 1. The average Bonchev–Trinajstić information content (AvgIpc) is 3.11. The van der Waals surface area contributed by atoms with Crippen molar-refractivity contribution in [2.75, 3.05) is 45.9 Å². The fourth-order valence-electron chi connectivity index (χ4n) is 2.32. The topological polar surface area (TPSA) is 53.0 Å². The predicted octanol–water partition coefficient (Wildman–Crippen LogP) is 0.533. The van der Waals surface area contributed by atoms with Crippen LogP contribution in [-0.4, -0.2) is 66.9 Å². The molecule has 0 unspecified atom stereocenters. The first kappa shape index (κ1) is 12.6. The summed E-state index contributed by atoms with van der Waals surface area (Å²) in [4.78, 5) is 15.6. The minimum absolute atomic E-state index is 0.173. The quantitative estimate of drug-likeness (QED) is 0.781. The van der Waals surface area contributed by atoms with E-state index in [0.717, 1.165) is 45.6 Å². The Morgan fingerprint density at radius 1 is 1.29 bits per heavy atom. The fourth-order valence-corrected chi connectivity index (χ4v) is 2.32. The third kappa shape index (κ3) is 3.10. The first-order valence-electron chi connectivity index (χ1n) is 6.44. The third-order valence-corrected chi connectivity index (χ3v) is 3.75. The molecule has 0 radical (unpaired) electrons. The number of nitrogens with zero attached hydrogens (tertiary/aromatic N) is 2. The van der Waals surface area contributed by atoms with Crippen LogP contribution < -0.4 is 0 Å². The molecule has 1 saturated carbocycles. The van der Waals surface area contributed by atoms with Crippen LogP contribution in [0, 0.1) is 5.41 Å². The molecule has 1 heterocycles. The van der Waals surface area contributed by atoms with Gasteiger partial charge in [0, 0.05) is 44.7 Å². The third-order valence-electron chi connectivity index (χ3n) is 3.75. The van der Waals surface area contributed by atoms with Crippen LogP contribution in [0.3, 0.4) is 0 Å². The number of carbonyl (C=O) groups is 1. The molecule has 98 valence electrons. The van der Waals surface area contributed by atoms with E-state index in [2.05, 4.69) is 4.90 Å². The average molecular weight is 242 g/mol. The van der Waals surface area contributed by atoms with Gasteiger partial charge >= 0.3 is 6.09 Å². The molecule has 0 spiro atoms. The highest BCUT2D eigenvalue weighted by Crippen LogP contribution is 2.45. The van der Waals surface area contributed by atoms with Gasteiger partial charge in [-0.25, -0.2) is 4.79 Å². The number of rotatable bonds is 4. The van der Waals surface area contributed by atoms with Gasteiger partial charge in [0.2, 0.25) is 0 Å². The Balaban J connectivity index is 1.72. The number of hydrogen-bond acceptors (Lipinski definition) is 4. The molecule has 1 aliphatic carbocycles. The number of hydrogen-bond donors (Lipinski definition) is 1. The molecular formula is C12H22N2O3. The van der Waals surface area contributed by atoms with Gasteiger partial charge in [0.05, 0.1) is 6.61 Å². The van der Waals surface area contributed by atoms with Gasteiger partial charge in [-0.3, -0.25) is 4.90 Å². The van der Waals surface area contributed by atoms with Gasteiger partial charge in [-0.05, 0) is 19.8 Å². The molecule has 0 aromatic heterocycles.